The molecular formula is C7H18SSi. The summed E-state index contributed by atoms with van der Waals surface area (Å²) in [4.78, 5) is 0. The van der Waals surface area contributed by atoms with E-state index in [4.69, 9.17) is 0 Å². The standard InChI is InChI=1S/C7H18SSi/c1-4-5-6-7-9(2,3)8/h8H,4-7H2,1-3H3. The molecule has 0 rings (SSSR count). The molecule has 0 N–H and O–H groups in total. The summed E-state index contributed by atoms with van der Waals surface area (Å²) in [5, 5.41) is 0. The molecule has 0 aromatic heterocycles. The Morgan fingerprint density at radius 1 is 1.22 bits per heavy atom. The van der Waals surface area contributed by atoms with Crippen molar-refractivity contribution in [3.63, 3.8) is 0 Å². The third kappa shape index (κ3) is 8.57. The summed E-state index contributed by atoms with van der Waals surface area (Å²) < 4.78 is 0. The van der Waals surface area contributed by atoms with Crippen molar-refractivity contribution in [2.75, 3.05) is 0 Å². The predicted molar refractivity (Wildman–Crippen MR) is 50.8 cm³/mol. The third-order valence-electron chi connectivity index (χ3n) is 1.39. The zero-order valence-electron chi connectivity index (χ0n) is 6.78. The van der Waals surface area contributed by atoms with Crippen LogP contribution in [0.25, 0.3) is 0 Å². The molecule has 0 aliphatic heterocycles. The second kappa shape index (κ2) is 4.39. The molecule has 0 unspecified atom stereocenters. The lowest BCUT2D eigenvalue weighted by Gasteiger charge is -2.12. The normalized spacial score (nSPS) is 12.0. The first-order valence-corrected chi connectivity index (χ1v) is 8.28. The van der Waals surface area contributed by atoms with E-state index in [9.17, 15) is 0 Å². The number of hydrogen-bond donors (Lipinski definition) is 1. The topological polar surface area (TPSA) is 0 Å². The molecule has 0 aliphatic carbocycles. The lowest BCUT2D eigenvalue weighted by Crippen LogP contribution is -2.15. The second-order valence-corrected chi connectivity index (χ2v) is 11.0. The van der Waals surface area contributed by atoms with Gasteiger partial charge < -0.3 is 0 Å². The molecule has 0 amide bonds. The molecule has 0 saturated heterocycles. The van der Waals surface area contributed by atoms with Gasteiger partial charge >= 0.3 is 0 Å². The van der Waals surface area contributed by atoms with E-state index >= 15 is 0 Å². The van der Waals surface area contributed by atoms with Crippen LogP contribution in [0.15, 0.2) is 0 Å². The maximum Gasteiger partial charge on any atom is 0.107 e. The van der Waals surface area contributed by atoms with Gasteiger partial charge in [0.2, 0.25) is 0 Å². The highest BCUT2D eigenvalue weighted by molar-refractivity contribution is 8.14. The van der Waals surface area contributed by atoms with Crippen LogP contribution in [-0.4, -0.2) is 7.22 Å². The van der Waals surface area contributed by atoms with Gasteiger partial charge in [0.15, 0.2) is 0 Å². The van der Waals surface area contributed by atoms with Crippen LogP contribution < -0.4 is 0 Å². The van der Waals surface area contributed by atoms with Gasteiger partial charge in [0.05, 0.1) is 0 Å². The van der Waals surface area contributed by atoms with Crippen molar-refractivity contribution >= 4 is 19.3 Å². The Hall–Kier alpha value is 0.567. The van der Waals surface area contributed by atoms with Crippen molar-refractivity contribution in [2.45, 2.75) is 45.3 Å². The van der Waals surface area contributed by atoms with Gasteiger partial charge in [-0.25, -0.2) is 12.1 Å². The molecule has 56 valence electrons. The maximum atomic E-state index is 4.57. The van der Waals surface area contributed by atoms with Crippen molar-refractivity contribution in [1.82, 2.24) is 0 Å². The molecule has 0 nitrogen and oxygen atoms in total. The van der Waals surface area contributed by atoms with Crippen molar-refractivity contribution < 1.29 is 0 Å². The fourth-order valence-electron chi connectivity index (χ4n) is 0.808. The fraction of sp³-hybridized carbons (Fsp3) is 1.00. The number of unbranched alkanes of at least 4 members (excludes halogenated alkanes) is 2. The van der Waals surface area contributed by atoms with Crippen LogP contribution in [0.2, 0.25) is 19.1 Å². The van der Waals surface area contributed by atoms with Crippen LogP contribution in [0.3, 0.4) is 0 Å². The Balaban J connectivity index is 3.07. The minimum atomic E-state index is -1.00. The number of hydrogen-bond acceptors (Lipinski definition) is 1. The van der Waals surface area contributed by atoms with Crippen LogP contribution in [0.1, 0.15) is 26.2 Å². The zero-order valence-corrected chi connectivity index (χ0v) is 8.67. The quantitative estimate of drug-likeness (QED) is 0.366. The van der Waals surface area contributed by atoms with E-state index in [-0.39, 0.29) is 0 Å². The second-order valence-electron chi connectivity index (χ2n) is 3.27. The van der Waals surface area contributed by atoms with Gasteiger partial charge in [0, 0.05) is 0 Å². The first-order valence-electron chi connectivity index (χ1n) is 3.78. The van der Waals surface area contributed by atoms with Crippen LogP contribution in [-0.2, 0) is 0 Å². The summed E-state index contributed by atoms with van der Waals surface area (Å²) in [6.45, 7) is 6.87. The summed E-state index contributed by atoms with van der Waals surface area (Å²) in [6.07, 6.45) is 4.11. The molecule has 9 heavy (non-hydrogen) atoms. The number of thiol groups is 1. The largest absolute Gasteiger partial charge is 0.202 e. The molecule has 0 atom stereocenters. The molecule has 0 bridgehead atoms. The summed E-state index contributed by atoms with van der Waals surface area (Å²) in [7, 11) is -1.00. The summed E-state index contributed by atoms with van der Waals surface area (Å²) in [5.41, 5.74) is 0. The van der Waals surface area contributed by atoms with Crippen LogP contribution >= 0.6 is 12.1 Å². The smallest absolute Gasteiger partial charge is 0.107 e. The highest BCUT2D eigenvalue weighted by Gasteiger charge is 2.12. The molecule has 0 radical (unpaired) electrons. The van der Waals surface area contributed by atoms with Gasteiger partial charge in [-0.1, -0.05) is 39.3 Å². The molecule has 0 aliphatic rings. The van der Waals surface area contributed by atoms with E-state index in [1.54, 1.807) is 0 Å². The molecular weight excluding hydrogens is 144 g/mol. The molecule has 0 aromatic carbocycles. The molecule has 2 heteroatoms. The molecule has 0 heterocycles. The Morgan fingerprint density at radius 3 is 2.11 bits per heavy atom. The first-order chi connectivity index (χ1) is 4.06. The molecule has 0 aromatic rings. The van der Waals surface area contributed by atoms with Gasteiger partial charge in [0.25, 0.3) is 0 Å². The Bertz CT molecular complexity index is 65.8. The Labute approximate surface area is 65.1 Å². The van der Waals surface area contributed by atoms with Crippen LogP contribution in [0, 0.1) is 0 Å². The van der Waals surface area contributed by atoms with E-state index in [2.05, 4.69) is 32.1 Å². The Morgan fingerprint density at radius 2 is 1.78 bits per heavy atom. The summed E-state index contributed by atoms with van der Waals surface area (Å²) >= 11 is 4.57. The average molecular weight is 162 g/mol. The van der Waals surface area contributed by atoms with E-state index < -0.39 is 7.22 Å². The van der Waals surface area contributed by atoms with Gasteiger partial charge in [-0.15, -0.1) is 0 Å². The fourth-order valence-corrected chi connectivity index (χ4v) is 2.40. The minimum Gasteiger partial charge on any atom is -0.202 e. The van der Waals surface area contributed by atoms with Gasteiger partial charge in [-0.3, -0.25) is 0 Å². The van der Waals surface area contributed by atoms with Crippen molar-refractivity contribution in [3.8, 4) is 0 Å². The summed E-state index contributed by atoms with van der Waals surface area (Å²) in [5.74, 6) is 0. The minimum absolute atomic E-state index is 1.00. The SMILES string of the molecule is CCCCC[Si](C)(C)S. The number of rotatable bonds is 4. The molecule has 0 spiro atoms. The van der Waals surface area contributed by atoms with E-state index in [1.165, 1.54) is 25.3 Å². The van der Waals surface area contributed by atoms with Gasteiger partial charge in [-0.05, 0) is 6.04 Å². The highest BCUT2D eigenvalue weighted by atomic mass is 32.3. The van der Waals surface area contributed by atoms with E-state index in [0.717, 1.165) is 0 Å². The Kier molecular flexibility index (Phi) is 4.67. The van der Waals surface area contributed by atoms with Crippen LogP contribution in [0.5, 0.6) is 0 Å². The molecule has 0 saturated carbocycles. The molecule has 0 fully saturated rings. The lowest BCUT2D eigenvalue weighted by atomic mass is 10.3. The van der Waals surface area contributed by atoms with Gasteiger partial charge in [0.1, 0.15) is 7.22 Å². The highest BCUT2D eigenvalue weighted by Crippen LogP contribution is 2.17. The lowest BCUT2D eigenvalue weighted by molar-refractivity contribution is 0.765. The van der Waals surface area contributed by atoms with E-state index in [0.29, 0.717) is 0 Å². The van der Waals surface area contributed by atoms with Crippen LogP contribution in [0.4, 0.5) is 0 Å². The van der Waals surface area contributed by atoms with Crippen molar-refractivity contribution in [2.24, 2.45) is 0 Å². The maximum absolute atomic E-state index is 4.57. The van der Waals surface area contributed by atoms with E-state index in [1.807, 2.05) is 0 Å². The first kappa shape index (κ1) is 9.57. The van der Waals surface area contributed by atoms with Crippen molar-refractivity contribution in [1.29, 1.82) is 0 Å². The predicted octanol–water partition coefficient (Wildman–Crippen LogP) is 3.31. The summed E-state index contributed by atoms with van der Waals surface area (Å²) in [6, 6.07) is 1.38. The zero-order chi connectivity index (χ0) is 7.33. The van der Waals surface area contributed by atoms with Crippen molar-refractivity contribution in [3.05, 3.63) is 0 Å². The van der Waals surface area contributed by atoms with Gasteiger partial charge in [-0.2, -0.15) is 0 Å². The average Bonchev–Trinajstić information content (AvgIpc) is 1.63. The monoisotopic (exact) mass is 162 g/mol. The third-order valence-corrected chi connectivity index (χ3v) is 3.64.